The van der Waals surface area contributed by atoms with Gasteiger partial charge in [-0.15, -0.1) is 0 Å². The summed E-state index contributed by atoms with van der Waals surface area (Å²) in [6.45, 7) is -3.25. The average molecular weight is 595 g/mol. The molecule has 0 radical (unpaired) electrons. The second-order valence-electron chi connectivity index (χ2n) is 18.6. The Morgan fingerprint density at radius 3 is 1.38 bits per heavy atom. The van der Waals surface area contributed by atoms with E-state index < -0.39 is 6.51 Å². The molecule has 5 unspecified atom stereocenters. The first-order valence-corrected chi connectivity index (χ1v) is 26.3. The molecule has 2 aromatic carbocycles. The fraction of sp³-hybridized carbons (Fsp3) is 0.667. The van der Waals surface area contributed by atoms with Crippen molar-refractivity contribution in [1.29, 1.82) is 0 Å². The fourth-order valence-electron chi connectivity index (χ4n) is 23.1. The number of rotatable bonds is 8. The minimum absolute atomic E-state index is 0.171. The van der Waals surface area contributed by atoms with Crippen LogP contribution in [0.25, 0.3) is 0 Å². The van der Waals surface area contributed by atoms with Gasteiger partial charge in [0.15, 0.2) is 0 Å². The quantitative estimate of drug-likeness (QED) is 0.211. The van der Waals surface area contributed by atoms with E-state index in [1.165, 1.54) is 61.8 Å². The number of hydrogen-bond donors (Lipinski definition) is 0. The van der Waals surface area contributed by atoms with Crippen LogP contribution in [0.2, 0.25) is 47.7 Å². The van der Waals surface area contributed by atoms with E-state index >= 15 is 0 Å². The molecule has 0 nitrogen and oxygen atoms in total. The van der Waals surface area contributed by atoms with Gasteiger partial charge in [-0.05, 0) is 0 Å². The molecule has 10 heterocycles. The van der Waals surface area contributed by atoms with E-state index in [-0.39, 0.29) is 15.8 Å². The summed E-state index contributed by atoms with van der Waals surface area (Å²) < 4.78 is 1.07. The predicted octanol–water partition coefficient (Wildman–Crippen LogP) is 10.4. The van der Waals surface area contributed by atoms with Crippen molar-refractivity contribution in [2.75, 3.05) is 6.16 Å². The third-order valence-corrected chi connectivity index (χ3v) is 72.0. The minimum atomic E-state index is -3.25. The second-order valence-corrected chi connectivity index (χ2v) is 47.4. The summed E-state index contributed by atoms with van der Waals surface area (Å²) in [6, 6.07) is 24.1. The molecule has 0 aromatic heterocycles. The summed E-state index contributed by atoms with van der Waals surface area (Å²) in [5, 5.41) is 3.41. The van der Waals surface area contributed by atoms with Gasteiger partial charge in [0.1, 0.15) is 0 Å². The Balaban J connectivity index is 0.994. The van der Waals surface area contributed by atoms with Gasteiger partial charge >= 0.3 is 229 Å². The van der Waals surface area contributed by atoms with Crippen molar-refractivity contribution in [2.45, 2.75) is 129 Å². The van der Waals surface area contributed by atoms with E-state index in [0.717, 1.165) is 15.6 Å². The molecule has 10 aliphatic heterocycles. The summed E-state index contributed by atoms with van der Waals surface area (Å²) >= 11 is 0. The standard InChI is InChI=1S/C31H39P2.C5H5.Fe/c1-5-17-27(18-6-1)32(28-19-7-2-8-20-28)25-31(26-15-13-14-16-26)33(29-21-9-3-10-22-29)30-23-11-4-12-24-30;1-2-4-5-3-1;/h1-2,5-8,13-20,29-31H,3-4,9-12,21-25H2;1-5H;. The monoisotopic (exact) mass is 594 g/mol. The van der Waals surface area contributed by atoms with Gasteiger partial charge in [-0.3, -0.25) is 0 Å². The predicted molar refractivity (Wildman–Crippen MR) is 165 cm³/mol. The van der Waals surface area contributed by atoms with Crippen LogP contribution in [-0.2, 0) is 6.51 Å². The molecule has 2 aromatic rings. The summed E-state index contributed by atoms with van der Waals surface area (Å²) in [7, 11) is -0.0704. The van der Waals surface area contributed by atoms with Crippen LogP contribution in [-0.4, -0.2) is 23.1 Å². The van der Waals surface area contributed by atoms with Gasteiger partial charge in [0.05, 0.1) is 0 Å². The van der Waals surface area contributed by atoms with E-state index in [2.05, 4.69) is 60.7 Å². The molecule has 2 aliphatic carbocycles. The Hall–Kier alpha value is -0.181. The molecule has 2 saturated carbocycles. The number of hydrogen-bond acceptors (Lipinski definition) is 0. The number of benzene rings is 2. The van der Waals surface area contributed by atoms with Crippen LogP contribution in [0.3, 0.4) is 0 Å². The zero-order valence-corrected chi connectivity index (χ0v) is 26.1. The summed E-state index contributed by atoms with van der Waals surface area (Å²) in [6.07, 6.45) is 17.5. The third-order valence-electron chi connectivity index (χ3n) is 22.1. The molecule has 206 valence electrons. The van der Waals surface area contributed by atoms with Crippen molar-refractivity contribution in [1.82, 2.24) is 0 Å². The third kappa shape index (κ3) is 0.642. The van der Waals surface area contributed by atoms with Crippen LogP contribution in [0.5, 0.6) is 0 Å². The van der Waals surface area contributed by atoms with Gasteiger partial charge in [0, 0.05) is 0 Å². The van der Waals surface area contributed by atoms with Gasteiger partial charge in [-0.25, -0.2) is 0 Å². The number of fused-ring (bicyclic) bond motifs is 10. The second kappa shape index (κ2) is 3.57. The van der Waals surface area contributed by atoms with Crippen LogP contribution in [0.1, 0.15) is 64.2 Å². The van der Waals surface area contributed by atoms with Crippen LogP contribution in [0.4, 0.5) is 0 Å². The van der Waals surface area contributed by atoms with Gasteiger partial charge in [0.25, 0.3) is 0 Å². The van der Waals surface area contributed by atoms with E-state index in [1.54, 1.807) is 68.1 Å². The van der Waals surface area contributed by atoms with Crippen molar-refractivity contribution >= 4 is 26.5 Å². The van der Waals surface area contributed by atoms with Gasteiger partial charge in [0.2, 0.25) is 0 Å². The van der Waals surface area contributed by atoms with Crippen LogP contribution >= 0.6 is 15.8 Å². The topological polar surface area (TPSA) is 0 Å². The first kappa shape index (κ1) is 20.7. The Morgan fingerprint density at radius 1 is 0.590 bits per heavy atom. The Morgan fingerprint density at radius 2 is 1.03 bits per heavy atom. The fourth-order valence-corrected chi connectivity index (χ4v) is 109. The zero-order valence-electron chi connectivity index (χ0n) is 23.2. The van der Waals surface area contributed by atoms with Gasteiger partial charge in [-0.1, -0.05) is 0 Å². The van der Waals surface area contributed by atoms with E-state index in [4.69, 9.17) is 0 Å². The van der Waals surface area contributed by atoms with Gasteiger partial charge < -0.3 is 0 Å². The van der Waals surface area contributed by atoms with E-state index in [1.807, 2.05) is 0 Å². The van der Waals surface area contributed by atoms with E-state index in [9.17, 15) is 0 Å². The molecule has 14 rings (SSSR count). The maximum atomic E-state index is 2.54. The molecule has 0 amide bonds. The molecule has 0 bridgehead atoms. The maximum absolute atomic E-state index is 3.25. The molecule has 5 atom stereocenters. The van der Waals surface area contributed by atoms with Crippen LogP contribution in [0.15, 0.2) is 60.7 Å². The molecule has 0 N–H and O–H groups in total. The molecule has 12 fully saturated rings. The molecular formula is C36H44FeP2. The van der Waals surface area contributed by atoms with Crippen molar-refractivity contribution in [3.05, 3.63) is 60.7 Å². The Kier molecular flexibility index (Phi) is 1.89. The SMILES string of the molecule is c1ccc(P(CC(P(C2CCCCC2)C2CCCCC2)[C]23[CH]4[CH]5[CH]6[CH]2[Fe]56432789[CH]3[CH]2[CH]7[CH]8[CH]39)c2ccccc2)cc1. The van der Waals surface area contributed by atoms with Crippen molar-refractivity contribution in [2.24, 2.45) is 0 Å². The van der Waals surface area contributed by atoms with Crippen molar-refractivity contribution in [3.63, 3.8) is 0 Å². The molecule has 1 spiro atoms. The molecule has 12 aliphatic rings. The normalized spacial score (nSPS) is 65.3. The average Bonchev–Trinajstić information content (AvgIpc) is 3.95. The Labute approximate surface area is 227 Å². The summed E-state index contributed by atoms with van der Waals surface area (Å²) in [5.41, 5.74) is 3.48. The van der Waals surface area contributed by atoms with Crippen LogP contribution in [0, 0.1) is 0 Å². The molecule has 39 heavy (non-hydrogen) atoms. The molecular weight excluding hydrogens is 550 g/mol. The van der Waals surface area contributed by atoms with Crippen molar-refractivity contribution in [3.8, 4) is 0 Å². The first-order valence-electron chi connectivity index (χ1n) is 16.9. The summed E-state index contributed by atoms with van der Waals surface area (Å²) in [4.78, 5) is 13.3. The zero-order chi connectivity index (χ0) is 24.9. The molecule has 10 saturated heterocycles. The molecule has 3 heteroatoms. The van der Waals surface area contributed by atoms with Crippen LogP contribution < -0.4 is 10.6 Å². The Bertz CT molecular complexity index is 1680. The van der Waals surface area contributed by atoms with E-state index in [0.29, 0.717) is 0 Å². The van der Waals surface area contributed by atoms with Crippen molar-refractivity contribution < 1.29 is 6.51 Å². The van der Waals surface area contributed by atoms with Gasteiger partial charge in [-0.2, -0.15) is 0 Å². The summed E-state index contributed by atoms with van der Waals surface area (Å²) in [5.74, 6) is 0. The first-order chi connectivity index (χ1) is 19.1.